The first-order valence-corrected chi connectivity index (χ1v) is 8.84. The topological polar surface area (TPSA) is 102 Å². The number of carbonyl (C=O) groups is 4. The van der Waals surface area contributed by atoms with Gasteiger partial charge in [0.15, 0.2) is 12.4 Å². The number of carbonyl (C=O) groups excluding carboxylic acids is 4. The number of benzene rings is 2. The average Bonchev–Trinajstić information content (AvgIpc) is 2.67. The molecular formula is C20H19ClN2O5. The molecule has 0 heterocycles. The lowest BCUT2D eigenvalue weighted by molar-refractivity contribution is -0.147. The Labute approximate surface area is 167 Å². The van der Waals surface area contributed by atoms with E-state index in [2.05, 4.69) is 10.6 Å². The number of para-hydroxylation sites is 1. The van der Waals surface area contributed by atoms with Crippen molar-refractivity contribution in [1.82, 2.24) is 5.32 Å². The number of Topliss-reactive ketones (excluding diaryl/α,β-unsaturated/α-hetero) is 1. The average molecular weight is 403 g/mol. The van der Waals surface area contributed by atoms with Crippen LogP contribution in [0.15, 0.2) is 48.5 Å². The van der Waals surface area contributed by atoms with Crippen LogP contribution in [0.4, 0.5) is 5.69 Å². The van der Waals surface area contributed by atoms with Gasteiger partial charge in [-0.25, -0.2) is 0 Å². The number of rotatable bonds is 8. The Balaban J connectivity index is 1.72. The van der Waals surface area contributed by atoms with Gasteiger partial charge in [-0.2, -0.15) is 0 Å². The van der Waals surface area contributed by atoms with Gasteiger partial charge in [0.25, 0.3) is 11.8 Å². The third kappa shape index (κ3) is 6.51. The highest BCUT2D eigenvalue weighted by molar-refractivity contribution is 6.30. The molecule has 146 valence electrons. The van der Waals surface area contributed by atoms with Crippen molar-refractivity contribution < 1.29 is 23.9 Å². The Morgan fingerprint density at radius 3 is 2.36 bits per heavy atom. The highest BCUT2D eigenvalue weighted by atomic mass is 35.5. The van der Waals surface area contributed by atoms with Gasteiger partial charge in [0.05, 0.1) is 12.1 Å². The molecule has 2 rings (SSSR count). The quantitative estimate of drug-likeness (QED) is 0.522. The van der Waals surface area contributed by atoms with Crippen molar-refractivity contribution in [2.75, 3.05) is 18.5 Å². The summed E-state index contributed by atoms with van der Waals surface area (Å²) in [5.74, 6) is -1.73. The monoisotopic (exact) mass is 402 g/mol. The van der Waals surface area contributed by atoms with Gasteiger partial charge in [0, 0.05) is 22.7 Å². The van der Waals surface area contributed by atoms with Crippen molar-refractivity contribution in [3.63, 3.8) is 0 Å². The number of hydrogen-bond acceptors (Lipinski definition) is 5. The maximum atomic E-state index is 11.9. The van der Waals surface area contributed by atoms with Gasteiger partial charge in [0.1, 0.15) is 0 Å². The van der Waals surface area contributed by atoms with E-state index in [0.717, 1.165) is 0 Å². The van der Waals surface area contributed by atoms with Crippen molar-refractivity contribution in [2.45, 2.75) is 13.3 Å². The van der Waals surface area contributed by atoms with Crippen LogP contribution in [0.2, 0.25) is 5.02 Å². The molecule has 0 aliphatic rings. The molecule has 2 N–H and O–H groups in total. The maximum Gasteiger partial charge on any atom is 0.308 e. The Hall–Kier alpha value is -3.19. The molecule has 28 heavy (non-hydrogen) atoms. The number of anilines is 1. The van der Waals surface area contributed by atoms with E-state index in [1.165, 1.54) is 6.92 Å². The molecule has 0 spiro atoms. The summed E-state index contributed by atoms with van der Waals surface area (Å²) < 4.78 is 4.87. The van der Waals surface area contributed by atoms with Crippen LogP contribution in [-0.2, 0) is 14.3 Å². The lowest BCUT2D eigenvalue weighted by Crippen LogP contribution is -2.27. The largest absolute Gasteiger partial charge is 0.456 e. The Morgan fingerprint density at radius 2 is 1.68 bits per heavy atom. The predicted octanol–water partition coefficient (Wildman–Crippen LogP) is 2.84. The highest BCUT2D eigenvalue weighted by Crippen LogP contribution is 2.15. The zero-order valence-corrected chi connectivity index (χ0v) is 15.9. The van der Waals surface area contributed by atoms with E-state index in [1.54, 1.807) is 48.5 Å². The fraction of sp³-hybridized carbons (Fsp3) is 0.200. The van der Waals surface area contributed by atoms with Crippen molar-refractivity contribution in [3.8, 4) is 0 Å². The molecule has 0 atom stereocenters. The molecule has 0 aliphatic carbocycles. The summed E-state index contributed by atoms with van der Waals surface area (Å²) in [4.78, 5) is 47.0. The Kier molecular flexibility index (Phi) is 7.71. The van der Waals surface area contributed by atoms with Crippen LogP contribution in [0, 0.1) is 0 Å². The van der Waals surface area contributed by atoms with Crippen LogP contribution in [0.5, 0.6) is 0 Å². The molecule has 2 aromatic rings. The fourth-order valence-corrected chi connectivity index (χ4v) is 2.41. The molecule has 2 aromatic carbocycles. The van der Waals surface area contributed by atoms with Crippen LogP contribution >= 0.6 is 11.6 Å². The van der Waals surface area contributed by atoms with E-state index < -0.39 is 18.5 Å². The summed E-state index contributed by atoms with van der Waals surface area (Å²) >= 11 is 5.76. The van der Waals surface area contributed by atoms with Gasteiger partial charge in [-0.1, -0.05) is 23.7 Å². The Morgan fingerprint density at radius 1 is 1.00 bits per heavy atom. The number of halogens is 1. The van der Waals surface area contributed by atoms with Gasteiger partial charge in [-0.15, -0.1) is 0 Å². The second-order valence-corrected chi connectivity index (χ2v) is 6.26. The van der Waals surface area contributed by atoms with E-state index in [-0.39, 0.29) is 24.7 Å². The summed E-state index contributed by atoms with van der Waals surface area (Å²) in [7, 11) is 0. The zero-order chi connectivity index (χ0) is 20.5. The van der Waals surface area contributed by atoms with Gasteiger partial charge < -0.3 is 15.4 Å². The first-order valence-electron chi connectivity index (χ1n) is 8.46. The molecule has 0 aliphatic heterocycles. The predicted molar refractivity (Wildman–Crippen MR) is 104 cm³/mol. The van der Waals surface area contributed by atoms with Crippen LogP contribution in [-0.4, -0.2) is 36.7 Å². The first kappa shape index (κ1) is 21.1. The molecule has 0 fully saturated rings. The van der Waals surface area contributed by atoms with Crippen LogP contribution < -0.4 is 10.6 Å². The summed E-state index contributed by atoms with van der Waals surface area (Å²) in [5.41, 5.74) is 1.14. The van der Waals surface area contributed by atoms with Crippen LogP contribution in [0.1, 0.15) is 34.1 Å². The normalized spacial score (nSPS) is 10.1. The lowest BCUT2D eigenvalue weighted by atomic mass is 10.1. The molecular weight excluding hydrogens is 384 g/mol. The third-order valence-corrected chi connectivity index (χ3v) is 3.92. The number of hydrogen-bond donors (Lipinski definition) is 2. The molecule has 7 nitrogen and oxygen atoms in total. The molecule has 0 saturated carbocycles. The third-order valence-electron chi connectivity index (χ3n) is 3.67. The summed E-state index contributed by atoms with van der Waals surface area (Å²) in [6, 6.07) is 12.9. The van der Waals surface area contributed by atoms with Gasteiger partial charge >= 0.3 is 5.97 Å². The number of ether oxygens (including phenoxy) is 1. The smallest absolute Gasteiger partial charge is 0.308 e. The van der Waals surface area contributed by atoms with Crippen molar-refractivity contribution in [2.24, 2.45) is 0 Å². The minimum absolute atomic E-state index is 0.0646. The van der Waals surface area contributed by atoms with Crippen molar-refractivity contribution in [3.05, 3.63) is 64.7 Å². The Bertz CT molecular complexity index is 880. The van der Waals surface area contributed by atoms with Gasteiger partial charge in [-0.3, -0.25) is 19.2 Å². The number of amides is 2. The molecule has 0 bridgehead atoms. The maximum absolute atomic E-state index is 11.9. The van der Waals surface area contributed by atoms with Crippen LogP contribution in [0.25, 0.3) is 0 Å². The van der Waals surface area contributed by atoms with Crippen molar-refractivity contribution in [1.29, 1.82) is 0 Å². The van der Waals surface area contributed by atoms with E-state index in [4.69, 9.17) is 16.3 Å². The van der Waals surface area contributed by atoms with Crippen LogP contribution in [0.3, 0.4) is 0 Å². The van der Waals surface area contributed by atoms with E-state index in [9.17, 15) is 19.2 Å². The number of nitrogens with one attached hydrogen (secondary N) is 2. The SMILES string of the molecule is CC(=O)c1ccccc1NC(=O)COC(=O)CCNC(=O)c1ccc(Cl)cc1. The first-order chi connectivity index (χ1) is 13.4. The summed E-state index contributed by atoms with van der Waals surface area (Å²) in [5, 5.41) is 5.62. The second-order valence-electron chi connectivity index (χ2n) is 5.82. The molecule has 0 radical (unpaired) electrons. The van der Waals surface area contributed by atoms with E-state index >= 15 is 0 Å². The highest BCUT2D eigenvalue weighted by Gasteiger charge is 2.12. The van der Waals surface area contributed by atoms with Crippen molar-refractivity contribution >= 4 is 40.9 Å². The zero-order valence-electron chi connectivity index (χ0n) is 15.2. The standard InChI is InChI=1S/C20H19ClN2O5/c1-13(24)16-4-2-3-5-17(16)23-18(25)12-28-19(26)10-11-22-20(27)14-6-8-15(21)9-7-14/h2-9H,10-12H2,1H3,(H,22,27)(H,23,25). The second kappa shape index (κ2) is 10.2. The molecule has 2 amide bonds. The molecule has 0 unspecified atom stereocenters. The minimum Gasteiger partial charge on any atom is -0.456 e. The fourth-order valence-electron chi connectivity index (χ4n) is 2.29. The molecule has 0 aromatic heterocycles. The summed E-state index contributed by atoms with van der Waals surface area (Å²) in [6.45, 7) is 0.967. The summed E-state index contributed by atoms with van der Waals surface area (Å²) in [6.07, 6.45) is -0.0867. The lowest BCUT2D eigenvalue weighted by Gasteiger charge is -2.10. The van der Waals surface area contributed by atoms with Gasteiger partial charge in [-0.05, 0) is 43.3 Å². The number of esters is 1. The number of ketones is 1. The van der Waals surface area contributed by atoms with Gasteiger partial charge in [0.2, 0.25) is 0 Å². The van der Waals surface area contributed by atoms with E-state index in [1.807, 2.05) is 0 Å². The van der Waals surface area contributed by atoms with E-state index in [0.29, 0.717) is 21.8 Å². The molecule has 8 heteroatoms. The molecule has 0 saturated heterocycles. The minimum atomic E-state index is -0.633.